The number of unbranched alkanes of at least 4 members (excludes halogenated alkanes) is 1. The number of benzene rings is 1. The minimum Gasteiger partial charge on any atom is -0.369 e. The van der Waals surface area contributed by atoms with Crippen molar-refractivity contribution in [2.24, 2.45) is 5.92 Å². The Morgan fingerprint density at radius 1 is 1.09 bits per heavy atom. The largest absolute Gasteiger partial charge is 0.369 e. The van der Waals surface area contributed by atoms with Crippen molar-refractivity contribution in [3.63, 3.8) is 0 Å². The molecular formula is C18H29N3O. The van der Waals surface area contributed by atoms with Crippen molar-refractivity contribution in [3.8, 4) is 0 Å². The van der Waals surface area contributed by atoms with Gasteiger partial charge in [-0.05, 0) is 31.5 Å². The van der Waals surface area contributed by atoms with Crippen molar-refractivity contribution in [3.05, 3.63) is 30.3 Å². The topological polar surface area (TPSA) is 35.6 Å². The lowest BCUT2D eigenvalue weighted by Gasteiger charge is -2.36. The van der Waals surface area contributed by atoms with Crippen LogP contribution in [0.4, 0.5) is 5.69 Å². The van der Waals surface area contributed by atoms with Gasteiger partial charge in [-0.15, -0.1) is 0 Å². The number of rotatable bonds is 7. The summed E-state index contributed by atoms with van der Waals surface area (Å²) in [5, 5.41) is 2.98. The van der Waals surface area contributed by atoms with Crippen molar-refractivity contribution in [1.29, 1.82) is 0 Å². The maximum atomic E-state index is 11.5. The van der Waals surface area contributed by atoms with Gasteiger partial charge in [0.15, 0.2) is 0 Å². The summed E-state index contributed by atoms with van der Waals surface area (Å²) in [6, 6.07) is 10.7. The monoisotopic (exact) mass is 303 g/mol. The van der Waals surface area contributed by atoms with E-state index in [0.717, 1.165) is 52.1 Å². The minimum atomic E-state index is 0.0889. The molecule has 1 heterocycles. The van der Waals surface area contributed by atoms with Gasteiger partial charge in [-0.2, -0.15) is 0 Å². The van der Waals surface area contributed by atoms with Crippen LogP contribution in [0.25, 0.3) is 0 Å². The molecule has 1 amide bonds. The standard InChI is InChI=1S/C18H29N3O/c1-16(2)18(22)19-10-6-7-11-20-12-14-21(15-13-20)17-8-4-3-5-9-17/h3-5,8-9,16H,6-7,10-15H2,1-2H3,(H,19,22). The molecule has 0 unspecified atom stereocenters. The van der Waals surface area contributed by atoms with Crippen molar-refractivity contribution in [2.45, 2.75) is 26.7 Å². The van der Waals surface area contributed by atoms with Gasteiger partial charge in [0.25, 0.3) is 0 Å². The number of carbonyl (C=O) groups is 1. The van der Waals surface area contributed by atoms with Gasteiger partial charge < -0.3 is 10.2 Å². The Balaban J connectivity index is 1.57. The molecule has 122 valence electrons. The summed E-state index contributed by atoms with van der Waals surface area (Å²) in [4.78, 5) is 16.4. The molecule has 1 aliphatic heterocycles. The fourth-order valence-corrected chi connectivity index (χ4v) is 2.74. The highest BCUT2D eigenvalue weighted by Crippen LogP contribution is 2.15. The first kappa shape index (κ1) is 16.8. The predicted octanol–water partition coefficient (Wildman–Crippen LogP) is 2.36. The number of amides is 1. The molecule has 0 radical (unpaired) electrons. The molecule has 1 N–H and O–H groups in total. The normalized spacial score (nSPS) is 16.0. The lowest BCUT2D eigenvalue weighted by molar-refractivity contribution is -0.123. The SMILES string of the molecule is CC(C)C(=O)NCCCCN1CCN(c2ccccc2)CC1. The van der Waals surface area contributed by atoms with Crippen LogP contribution in [0.1, 0.15) is 26.7 Å². The summed E-state index contributed by atoms with van der Waals surface area (Å²) < 4.78 is 0. The highest BCUT2D eigenvalue weighted by Gasteiger charge is 2.16. The van der Waals surface area contributed by atoms with E-state index in [0.29, 0.717) is 0 Å². The molecular weight excluding hydrogens is 274 g/mol. The van der Waals surface area contributed by atoms with Crippen LogP contribution in [0.3, 0.4) is 0 Å². The zero-order valence-electron chi connectivity index (χ0n) is 13.9. The maximum Gasteiger partial charge on any atom is 0.222 e. The molecule has 0 saturated carbocycles. The molecule has 0 aliphatic carbocycles. The van der Waals surface area contributed by atoms with Crippen LogP contribution >= 0.6 is 0 Å². The fourth-order valence-electron chi connectivity index (χ4n) is 2.74. The van der Waals surface area contributed by atoms with Gasteiger partial charge in [-0.1, -0.05) is 32.0 Å². The summed E-state index contributed by atoms with van der Waals surface area (Å²) in [6.45, 7) is 10.3. The third-order valence-electron chi connectivity index (χ3n) is 4.22. The van der Waals surface area contributed by atoms with E-state index in [2.05, 4.69) is 45.4 Å². The second-order valence-electron chi connectivity index (χ2n) is 6.32. The molecule has 0 atom stereocenters. The molecule has 1 aromatic carbocycles. The summed E-state index contributed by atoms with van der Waals surface area (Å²) in [7, 11) is 0. The van der Waals surface area contributed by atoms with Crippen LogP contribution in [-0.2, 0) is 4.79 Å². The van der Waals surface area contributed by atoms with Crippen molar-refractivity contribution < 1.29 is 4.79 Å². The van der Waals surface area contributed by atoms with Gasteiger partial charge in [0.1, 0.15) is 0 Å². The molecule has 0 aromatic heterocycles. The number of anilines is 1. The number of hydrogen-bond acceptors (Lipinski definition) is 3. The smallest absolute Gasteiger partial charge is 0.222 e. The van der Waals surface area contributed by atoms with Crippen LogP contribution in [0, 0.1) is 5.92 Å². The molecule has 0 spiro atoms. The van der Waals surface area contributed by atoms with E-state index in [9.17, 15) is 4.79 Å². The number of hydrogen-bond donors (Lipinski definition) is 1. The lowest BCUT2D eigenvalue weighted by Crippen LogP contribution is -2.46. The molecule has 22 heavy (non-hydrogen) atoms. The summed E-state index contributed by atoms with van der Waals surface area (Å²) in [5.41, 5.74) is 1.33. The molecule has 1 saturated heterocycles. The first-order chi connectivity index (χ1) is 10.7. The highest BCUT2D eigenvalue weighted by molar-refractivity contribution is 5.77. The number of nitrogens with one attached hydrogen (secondary N) is 1. The molecule has 1 aromatic rings. The Morgan fingerprint density at radius 2 is 1.77 bits per heavy atom. The van der Waals surface area contributed by atoms with E-state index < -0.39 is 0 Å². The van der Waals surface area contributed by atoms with E-state index in [-0.39, 0.29) is 11.8 Å². The maximum absolute atomic E-state index is 11.5. The Kier molecular flexibility index (Phi) is 6.72. The van der Waals surface area contributed by atoms with Gasteiger partial charge in [-0.3, -0.25) is 9.69 Å². The first-order valence-corrected chi connectivity index (χ1v) is 8.47. The Morgan fingerprint density at radius 3 is 2.41 bits per heavy atom. The number of piperazine rings is 1. The van der Waals surface area contributed by atoms with Gasteiger partial charge in [-0.25, -0.2) is 0 Å². The Labute approximate surface area is 134 Å². The van der Waals surface area contributed by atoms with Gasteiger partial charge in [0.2, 0.25) is 5.91 Å². The van der Waals surface area contributed by atoms with Gasteiger partial charge in [0.05, 0.1) is 0 Å². The average molecular weight is 303 g/mol. The van der Waals surface area contributed by atoms with Crippen LogP contribution in [0.5, 0.6) is 0 Å². The third kappa shape index (κ3) is 5.34. The first-order valence-electron chi connectivity index (χ1n) is 8.47. The quantitative estimate of drug-likeness (QED) is 0.786. The highest BCUT2D eigenvalue weighted by atomic mass is 16.1. The predicted molar refractivity (Wildman–Crippen MR) is 92.2 cm³/mol. The van der Waals surface area contributed by atoms with Crippen LogP contribution in [0.15, 0.2) is 30.3 Å². The molecule has 1 fully saturated rings. The van der Waals surface area contributed by atoms with E-state index in [1.807, 2.05) is 13.8 Å². The van der Waals surface area contributed by atoms with Crippen LogP contribution in [-0.4, -0.2) is 50.1 Å². The second kappa shape index (κ2) is 8.79. The average Bonchev–Trinajstić information content (AvgIpc) is 2.55. The molecule has 4 nitrogen and oxygen atoms in total. The Hall–Kier alpha value is -1.55. The number of nitrogens with zero attached hydrogens (tertiary/aromatic N) is 2. The number of carbonyl (C=O) groups excluding carboxylic acids is 1. The zero-order valence-corrected chi connectivity index (χ0v) is 13.9. The fraction of sp³-hybridized carbons (Fsp3) is 0.611. The molecule has 1 aliphatic rings. The van der Waals surface area contributed by atoms with Gasteiger partial charge >= 0.3 is 0 Å². The molecule has 4 heteroatoms. The minimum absolute atomic E-state index is 0.0889. The van der Waals surface area contributed by atoms with Crippen molar-refractivity contribution in [2.75, 3.05) is 44.2 Å². The van der Waals surface area contributed by atoms with Crippen LogP contribution in [0.2, 0.25) is 0 Å². The lowest BCUT2D eigenvalue weighted by atomic mass is 10.2. The Bertz CT molecular complexity index is 439. The zero-order chi connectivity index (χ0) is 15.8. The second-order valence-corrected chi connectivity index (χ2v) is 6.32. The summed E-state index contributed by atoms with van der Waals surface area (Å²) >= 11 is 0. The van der Waals surface area contributed by atoms with Gasteiger partial charge in [0, 0.05) is 44.3 Å². The van der Waals surface area contributed by atoms with E-state index in [1.165, 1.54) is 5.69 Å². The third-order valence-corrected chi connectivity index (χ3v) is 4.22. The summed E-state index contributed by atoms with van der Waals surface area (Å²) in [6.07, 6.45) is 2.22. The van der Waals surface area contributed by atoms with E-state index in [4.69, 9.17) is 0 Å². The van der Waals surface area contributed by atoms with Crippen LogP contribution < -0.4 is 10.2 Å². The van der Waals surface area contributed by atoms with Crippen molar-refractivity contribution >= 4 is 11.6 Å². The number of para-hydroxylation sites is 1. The summed E-state index contributed by atoms with van der Waals surface area (Å²) in [5.74, 6) is 0.252. The van der Waals surface area contributed by atoms with E-state index >= 15 is 0 Å². The molecule has 0 bridgehead atoms. The molecule has 2 rings (SSSR count). The van der Waals surface area contributed by atoms with E-state index in [1.54, 1.807) is 0 Å². The van der Waals surface area contributed by atoms with Crippen molar-refractivity contribution in [1.82, 2.24) is 10.2 Å².